The summed E-state index contributed by atoms with van der Waals surface area (Å²) in [6.45, 7) is -0.216. The van der Waals surface area contributed by atoms with Gasteiger partial charge in [-0.05, 0) is 18.2 Å². The van der Waals surface area contributed by atoms with Crippen LogP contribution in [0, 0.1) is 0 Å². The van der Waals surface area contributed by atoms with Gasteiger partial charge >= 0.3 is 5.97 Å². The molecule has 1 amide bonds. The summed E-state index contributed by atoms with van der Waals surface area (Å²) in [5.74, 6) is -1.83. The number of hydrogen-bond donors (Lipinski definition) is 2. The fraction of sp³-hybridized carbons (Fsp3) is 0.111. The lowest BCUT2D eigenvalue weighted by Crippen LogP contribution is -2.10. The van der Waals surface area contributed by atoms with Gasteiger partial charge in [0.05, 0.1) is 18.2 Å². The second-order valence-corrected chi connectivity index (χ2v) is 5.37. The number of para-hydroxylation sites is 2. The average Bonchev–Trinajstić information content (AvgIpc) is 2.91. The van der Waals surface area contributed by atoms with Crippen molar-refractivity contribution in [2.45, 2.75) is 6.54 Å². The number of methoxy groups -OCH3 is 1. The standard InChI is InChI=1S/C18H15N3O5/c1-26-15(23)10-21-13-8-4-2-6-11(13)16(18(21)25)19-20-17(24)12-7-3-5-9-14(12)22/h2-9,22,25H,10H2,1H3. The first-order chi connectivity index (χ1) is 12.5. The largest absolute Gasteiger partial charge is 0.507 e. The van der Waals surface area contributed by atoms with Gasteiger partial charge in [-0.2, -0.15) is 0 Å². The number of nitrogens with zero attached hydrogens (tertiary/aromatic N) is 3. The summed E-state index contributed by atoms with van der Waals surface area (Å²) < 4.78 is 5.95. The van der Waals surface area contributed by atoms with E-state index in [1.165, 1.54) is 23.8 Å². The molecule has 8 nitrogen and oxygen atoms in total. The van der Waals surface area contributed by atoms with E-state index in [1.54, 1.807) is 36.4 Å². The first-order valence-electron chi connectivity index (χ1n) is 7.64. The molecule has 132 valence electrons. The maximum Gasteiger partial charge on any atom is 0.325 e. The van der Waals surface area contributed by atoms with Crippen molar-refractivity contribution < 1.29 is 24.5 Å². The number of fused-ring (bicyclic) bond motifs is 1. The molecule has 26 heavy (non-hydrogen) atoms. The highest BCUT2D eigenvalue weighted by molar-refractivity contribution is 5.99. The topological polar surface area (TPSA) is 113 Å². The van der Waals surface area contributed by atoms with Crippen LogP contribution in [0.5, 0.6) is 11.6 Å². The van der Waals surface area contributed by atoms with Crippen LogP contribution >= 0.6 is 0 Å². The van der Waals surface area contributed by atoms with Crippen molar-refractivity contribution in [3.63, 3.8) is 0 Å². The van der Waals surface area contributed by atoms with Crippen molar-refractivity contribution in [3.8, 4) is 11.6 Å². The highest BCUT2D eigenvalue weighted by Gasteiger charge is 2.19. The Kier molecular flexibility index (Phi) is 4.66. The molecular weight excluding hydrogens is 338 g/mol. The van der Waals surface area contributed by atoms with E-state index in [4.69, 9.17) is 0 Å². The Balaban J connectivity index is 2.03. The molecule has 0 aliphatic heterocycles. The Morgan fingerprint density at radius 1 is 1.08 bits per heavy atom. The quantitative estimate of drug-likeness (QED) is 0.552. The molecule has 0 radical (unpaired) electrons. The summed E-state index contributed by atoms with van der Waals surface area (Å²) in [5.41, 5.74) is 0.585. The van der Waals surface area contributed by atoms with Gasteiger partial charge in [-0.15, -0.1) is 10.2 Å². The van der Waals surface area contributed by atoms with E-state index in [-0.39, 0.29) is 29.4 Å². The molecule has 0 fully saturated rings. The first kappa shape index (κ1) is 17.2. The molecule has 3 aromatic rings. The molecule has 1 heterocycles. The molecule has 1 aromatic heterocycles. The van der Waals surface area contributed by atoms with E-state index in [2.05, 4.69) is 15.0 Å². The van der Waals surface area contributed by atoms with Gasteiger partial charge in [0.25, 0.3) is 5.91 Å². The Morgan fingerprint density at radius 3 is 2.50 bits per heavy atom. The zero-order valence-electron chi connectivity index (χ0n) is 13.8. The Bertz CT molecular complexity index is 1020. The number of aromatic hydroxyl groups is 2. The SMILES string of the molecule is COC(=O)Cn1c(O)c(N=NC(=O)c2ccccc2O)c2ccccc21. The van der Waals surface area contributed by atoms with Crippen LogP contribution in [-0.2, 0) is 16.1 Å². The third-order valence-electron chi connectivity index (χ3n) is 3.81. The Hall–Kier alpha value is -3.68. The number of aromatic nitrogens is 1. The van der Waals surface area contributed by atoms with E-state index >= 15 is 0 Å². The van der Waals surface area contributed by atoms with E-state index in [9.17, 15) is 19.8 Å². The van der Waals surface area contributed by atoms with Crippen molar-refractivity contribution in [2.75, 3.05) is 7.11 Å². The van der Waals surface area contributed by atoms with E-state index in [1.807, 2.05) is 0 Å². The minimum absolute atomic E-state index is 0.00552. The van der Waals surface area contributed by atoms with Crippen LogP contribution in [0.15, 0.2) is 58.8 Å². The van der Waals surface area contributed by atoms with Crippen molar-refractivity contribution >= 4 is 28.5 Å². The van der Waals surface area contributed by atoms with E-state index in [0.717, 1.165) is 0 Å². The second kappa shape index (κ2) is 7.06. The molecule has 2 aromatic carbocycles. The van der Waals surface area contributed by atoms with Crippen LogP contribution < -0.4 is 0 Å². The molecule has 8 heteroatoms. The normalized spacial score (nSPS) is 11.1. The molecule has 0 unspecified atom stereocenters. The van der Waals surface area contributed by atoms with Gasteiger partial charge in [0, 0.05) is 5.39 Å². The smallest absolute Gasteiger partial charge is 0.325 e. The van der Waals surface area contributed by atoms with Crippen LogP contribution in [-0.4, -0.2) is 33.8 Å². The van der Waals surface area contributed by atoms with Crippen LogP contribution in [0.4, 0.5) is 5.69 Å². The molecule has 0 atom stereocenters. The number of ether oxygens (including phenoxy) is 1. The number of carbonyl (C=O) groups excluding carboxylic acids is 2. The molecule has 3 rings (SSSR count). The number of benzene rings is 2. The summed E-state index contributed by atoms with van der Waals surface area (Å²) in [7, 11) is 1.25. The van der Waals surface area contributed by atoms with Crippen molar-refractivity contribution in [3.05, 3.63) is 54.1 Å². The predicted molar refractivity (Wildman–Crippen MR) is 92.6 cm³/mol. The number of azo groups is 1. The zero-order chi connectivity index (χ0) is 18.7. The third-order valence-corrected chi connectivity index (χ3v) is 3.81. The number of esters is 1. The number of amides is 1. The lowest BCUT2D eigenvalue weighted by Gasteiger charge is -2.04. The first-order valence-corrected chi connectivity index (χ1v) is 7.64. The van der Waals surface area contributed by atoms with Crippen LogP contribution in [0.1, 0.15) is 10.4 Å². The Morgan fingerprint density at radius 2 is 1.77 bits per heavy atom. The fourth-order valence-electron chi connectivity index (χ4n) is 2.53. The Labute approximate surface area is 148 Å². The van der Waals surface area contributed by atoms with Gasteiger partial charge < -0.3 is 14.9 Å². The third kappa shape index (κ3) is 3.12. The van der Waals surface area contributed by atoms with Gasteiger partial charge in [-0.1, -0.05) is 30.3 Å². The lowest BCUT2D eigenvalue weighted by molar-refractivity contribution is -0.141. The maximum absolute atomic E-state index is 12.1. The minimum Gasteiger partial charge on any atom is -0.507 e. The summed E-state index contributed by atoms with van der Waals surface area (Å²) in [4.78, 5) is 23.7. The van der Waals surface area contributed by atoms with Gasteiger partial charge in [-0.25, -0.2) is 0 Å². The highest BCUT2D eigenvalue weighted by atomic mass is 16.5. The predicted octanol–water partition coefficient (Wildman–Crippen LogP) is 3.15. The number of rotatable bonds is 4. The van der Waals surface area contributed by atoms with Crippen LogP contribution in [0.3, 0.4) is 0 Å². The number of phenolic OH excluding ortho intramolecular Hbond substituents is 1. The monoisotopic (exact) mass is 353 g/mol. The average molecular weight is 353 g/mol. The summed E-state index contributed by atoms with van der Waals surface area (Å²) in [6, 6.07) is 12.8. The molecule has 0 aliphatic carbocycles. The molecule has 2 N–H and O–H groups in total. The van der Waals surface area contributed by atoms with Gasteiger partial charge in [-0.3, -0.25) is 14.2 Å². The van der Waals surface area contributed by atoms with Crippen molar-refractivity contribution in [1.82, 2.24) is 4.57 Å². The fourth-order valence-corrected chi connectivity index (χ4v) is 2.53. The molecule has 0 bridgehead atoms. The molecular formula is C18H15N3O5. The van der Waals surface area contributed by atoms with Crippen molar-refractivity contribution in [2.24, 2.45) is 10.2 Å². The number of hydrogen-bond acceptors (Lipinski definition) is 6. The maximum atomic E-state index is 12.1. The number of carbonyl (C=O) groups is 2. The molecule has 0 spiro atoms. The summed E-state index contributed by atoms with van der Waals surface area (Å²) in [6.07, 6.45) is 0. The highest BCUT2D eigenvalue weighted by Crippen LogP contribution is 2.38. The number of phenols is 1. The molecule has 0 saturated carbocycles. The van der Waals surface area contributed by atoms with E-state index in [0.29, 0.717) is 10.9 Å². The second-order valence-electron chi connectivity index (χ2n) is 5.37. The zero-order valence-corrected chi connectivity index (χ0v) is 13.8. The van der Waals surface area contributed by atoms with Crippen LogP contribution in [0.2, 0.25) is 0 Å². The van der Waals surface area contributed by atoms with Gasteiger partial charge in [0.2, 0.25) is 5.88 Å². The molecule has 0 aliphatic rings. The summed E-state index contributed by atoms with van der Waals surface area (Å²) >= 11 is 0. The van der Waals surface area contributed by atoms with Gasteiger partial charge in [0.1, 0.15) is 12.3 Å². The molecule has 0 saturated heterocycles. The van der Waals surface area contributed by atoms with E-state index < -0.39 is 11.9 Å². The van der Waals surface area contributed by atoms with Gasteiger partial charge in [0.15, 0.2) is 5.69 Å². The lowest BCUT2D eigenvalue weighted by atomic mass is 10.2. The summed E-state index contributed by atoms with van der Waals surface area (Å²) in [5, 5.41) is 28.1. The van der Waals surface area contributed by atoms with Crippen LogP contribution in [0.25, 0.3) is 10.9 Å². The minimum atomic E-state index is -0.757. The van der Waals surface area contributed by atoms with Crippen molar-refractivity contribution in [1.29, 1.82) is 0 Å².